The lowest BCUT2D eigenvalue weighted by Gasteiger charge is -2.19. The number of rotatable bonds is 4. The molecule has 7 nitrogen and oxygen atoms in total. The minimum atomic E-state index is -0.174. The van der Waals surface area contributed by atoms with Crippen molar-refractivity contribution in [2.45, 2.75) is 31.8 Å². The number of hydrogen-bond acceptors (Lipinski definition) is 7. The fourth-order valence-corrected chi connectivity index (χ4v) is 5.42. The second kappa shape index (κ2) is 8.13. The molecule has 0 N–H and O–H groups in total. The fraction of sp³-hybridized carbons (Fsp3) is 0.429. The van der Waals surface area contributed by atoms with Crippen LogP contribution in [0, 0.1) is 0 Å². The van der Waals surface area contributed by atoms with Gasteiger partial charge in [0.1, 0.15) is 15.8 Å². The molecule has 3 aliphatic rings. The van der Waals surface area contributed by atoms with Crippen LogP contribution in [0.3, 0.4) is 0 Å². The number of carbonyl (C=O) groups is 1. The number of aromatic nitrogens is 2. The zero-order valence-electron chi connectivity index (χ0n) is 16.5. The molecular formula is C21H22N4O3S2. The largest absolute Gasteiger partial charge is 0.376 e. The molecule has 5 rings (SSSR count). The summed E-state index contributed by atoms with van der Waals surface area (Å²) < 4.78 is 7.71. The van der Waals surface area contributed by atoms with Crippen molar-refractivity contribution in [3.05, 3.63) is 45.2 Å². The van der Waals surface area contributed by atoms with E-state index in [4.69, 9.17) is 21.9 Å². The molecule has 3 fully saturated rings. The molecule has 0 unspecified atom stereocenters. The first-order valence-electron chi connectivity index (χ1n) is 10.2. The van der Waals surface area contributed by atoms with Crippen molar-refractivity contribution in [2.75, 3.05) is 31.1 Å². The van der Waals surface area contributed by atoms with Crippen molar-refractivity contribution in [2.24, 2.45) is 0 Å². The third-order valence-corrected chi connectivity index (χ3v) is 7.09. The van der Waals surface area contributed by atoms with Gasteiger partial charge in [0, 0.05) is 25.9 Å². The maximum absolute atomic E-state index is 13.3. The highest BCUT2D eigenvalue weighted by molar-refractivity contribution is 8.26. The summed E-state index contributed by atoms with van der Waals surface area (Å²) in [6.45, 7) is 2.91. The molecule has 2 aromatic heterocycles. The summed E-state index contributed by atoms with van der Waals surface area (Å²) in [6, 6.07) is 5.49. The van der Waals surface area contributed by atoms with Crippen molar-refractivity contribution in [1.29, 1.82) is 0 Å². The van der Waals surface area contributed by atoms with Gasteiger partial charge in [-0.2, -0.15) is 0 Å². The molecule has 5 heterocycles. The van der Waals surface area contributed by atoms with Gasteiger partial charge in [-0.1, -0.05) is 30.0 Å². The number of ether oxygens (including phenoxy) is 1. The molecule has 0 aliphatic carbocycles. The molecule has 30 heavy (non-hydrogen) atoms. The highest BCUT2D eigenvalue weighted by Crippen LogP contribution is 2.34. The van der Waals surface area contributed by atoms with Crippen LogP contribution in [0.1, 0.15) is 31.2 Å². The summed E-state index contributed by atoms with van der Waals surface area (Å²) in [7, 11) is 0. The predicted molar refractivity (Wildman–Crippen MR) is 122 cm³/mol. The van der Waals surface area contributed by atoms with E-state index in [0.717, 1.165) is 45.4 Å². The lowest BCUT2D eigenvalue weighted by atomic mass is 10.2. The topological polar surface area (TPSA) is 67.2 Å². The Balaban J connectivity index is 1.55. The first kappa shape index (κ1) is 19.7. The van der Waals surface area contributed by atoms with Crippen LogP contribution >= 0.6 is 24.0 Å². The number of pyridine rings is 1. The summed E-state index contributed by atoms with van der Waals surface area (Å²) in [5, 5.41) is 0. The SMILES string of the molecule is O=C1/C(=C/c2c(N3CCCC3)nc3ccccn3c2=O)SC(=S)N1C[C@@H]1CCCO1. The second-order valence-electron chi connectivity index (χ2n) is 7.70. The lowest BCUT2D eigenvalue weighted by molar-refractivity contribution is -0.123. The van der Waals surface area contributed by atoms with Crippen molar-refractivity contribution >= 4 is 51.7 Å². The first-order valence-corrected chi connectivity index (χ1v) is 11.5. The molecule has 0 bridgehead atoms. The number of anilines is 1. The Hall–Kier alpha value is -2.23. The fourth-order valence-electron chi connectivity index (χ4n) is 4.17. The van der Waals surface area contributed by atoms with Gasteiger partial charge in [-0.15, -0.1) is 0 Å². The molecule has 1 amide bonds. The zero-order chi connectivity index (χ0) is 20.7. The molecule has 156 valence electrons. The molecule has 0 spiro atoms. The molecule has 0 aromatic carbocycles. The van der Waals surface area contributed by atoms with Crippen molar-refractivity contribution in [3.63, 3.8) is 0 Å². The Labute approximate surface area is 183 Å². The van der Waals surface area contributed by atoms with Crippen LogP contribution in [-0.2, 0) is 9.53 Å². The van der Waals surface area contributed by atoms with Crippen molar-refractivity contribution in [1.82, 2.24) is 14.3 Å². The number of fused-ring (bicyclic) bond motifs is 1. The van der Waals surface area contributed by atoms with Crippen LogP contribution in [0.15, 0.2) is 34.1 Å². The van der Waals surface area contributed by atoms with Gasteiger partial charge >= 0.3 is 0 Å². The summed E-state index contributed by atoms with van der Waals surface area (Å²) in [5.74, 6) is 0.485. The van der Waals surface area contributed by atoms with E-state index in [-0.39, 0.29) is 17.6 Å². The molecule has 1 atom stereocenters. The van der Waals surface area contributed by atoms with Gasteiger partial charge in [0.2, 0.25) is 0 Å². The van der Waals surface area contributed by atoms with E-state index in [1.807, 2.05) is 12.1 Å². The van der Waals surface area contributed by atoms with Gasteiger partial charge in [-0.05, 0) is 43.9 Å². The molecule has 9 heteroatoms. The lowest BCUT2D eigenvalue weighted by Crippen LogP contribution is -2.35. The number of thioether (sulfide) groups is 1. The van der Waals surface area contributed by atoms with Crippen LogP contribution in [0.4, 0.5) is 5.82 Å². The highest BCUT2D eigenvalue weighted by Gasteiger charge is 2.35. The van der Waals surface area contributed by atoms with Gasteiger partial charge in [-0.3, -0.25) is 18.9 Å². The van der Waals surface area contributed by atoms with Gasteiger partial charge in [0.25, 0.3) is 11.5 Å². The van der Waals surface area contributed by atoms with E-state index in [1.54, 1.807) is 23.2 Å². The molecule has 2 aromatic rings. The summed E-state index contributed by atoms with van der Waals surface area (Å²) in [4.78, 5) is 35.3. The summed E-state index contributed by atoms with van der Waals surface area (Å²) >= 11 is 6.70. The summed E-state index contributed by atoms with van der Waals surface area (Å²) in [6.07, 6.45) is 7.49. The van der Waals surface area contributed by atoms with Gasteiger partial charge < -0.3 is 9.64 Å². The summed E-state index contributed by atoms with van der Waals surface area (Å²) in [5.41, 5.74) is 0.873. The van der Waals surface area contributed by atoms with Crippen LogP contribution in [0.25, 0.3) is 11.7 Å². The Kier molecular flexibility index (Phi) is 5.34. The van der Waals surface area contributed by atoms with E-state index in [9.17, 15) is 9.59 Å². The second-order valence-corrected chi connectivity index (χ2v) is 9.38. The predicted octanol–water partition coefficient (Wildman–Crippen LogP) is 2.67. The average molecular weight is 443 g/mol. The third-order valence-electron chi connectivity index (χ3n) is 5.71. The number of thiocarbonyl (C=S) groups is 1. The zero-order valence-corrected chi connectivity index (χ0v) is 18.1. The number of hydrogen-bond donors (Lipinski definition) is 0. The highest BCUT2D eigenvalue weighted by atomic mass is 32.2. The molecule has 3 saturated heterocycles. The minimum Gasteiger partial charge on any atom is -0.376 e. The molecule has 3 aliphatic heterocycles. The Morgan fingerprint density at radius 1 is 1.23 bits per heavy atom. The maximum atomic E-state index is 13.3. The van der Waals surface area contributed by atoms with Crippen molar-refractivity contribution in [3.8, 4) is 0 Å². The van der Waals surface area contributed by atoms with Crippen LogP contribution in [0.2, 0.25) is 0 Å². The maximum Gasteiger partial charge on any atom is 0.267 e. The molecular weight excluding hydrogens is 420 g/mol. The van der Waals surface area contributed by atoms with E-state index in [2.05, 4.69) is 4.90 Å². The van der Waals surface area contributed by atoms with Crippen LogP contribution < -0.4 is 10.5 Å². The molecule has 0 radical (unpaired) electrons. The normalized spacial score (nSPS) is 23.5. The van der Waals surface area contributed by atoms with Gasteiger partial charge in [-0.25, -0.2) is 4.98 Å². The first-order chi connectivity index (χ1) is 14.6. The standard InChI is InChI=1S/C21H22N4O3S2/c26-19-15(12-16-20(27)25(21(29)30-16)13-14-6-5-11-28-14)18(23-8-3-4-9-23)22-17-7-1-2-10-24(17)19/h1-2,7,10,12,14H,3-6,8-9,11,13H2/b16-12-/t14-/m0/s1. The smallest absolute Gasteiger partial charge is 0.267 e. The Bertz CT molecular complexity index is 1100. The van der Waals surface area contributed by atoms with E-state index in [0.29, 0.717) is 32.8 Å². The van der Waals surface area contributed by atoms with Gasteiger partial charge in [0.15, 0.2) is 0 Å². The van der Waals surface area contributed by atoms with E-state index >= 15 is 0 Å². The monoisotopic (exact) mass is 442 g/mol. The Morgan fingerprint density at radius 3 is 2.83 bits per heavy atom. The van der Waals surface area contributed by atoms with E-state index < -0.39 is 0 Å². The molecule has 0 saturated carbocycles. The number of carbonyl (C=O) groups excluding carboxylic acids is 1. The van der Waals surface area contributed by atoms with E-state index in [1.165, 1.54) is 16.2 Å². The number of nitrogens with zero attached hydrogens (tertiary/aromatic N) is 4. The van der Waals surface area contributed by atoms with Crippen LogP contribution in [-0.4, -0.2) is 56.9 Å². The van der Waals surface area contributed by atoms with Crippen LogP contribution in [0.5, 0.6) is 0 Å². The minimum absolute atomic E-state index is 0.0278. The van der Waals surface area contributed by atoms with Gasteiger partial charge in [0.05, 0.1) is 23.1 Å². The third kappa shape index (κ3) is 3.55. The quantitative estimate of drug-likeness (QED) is 0.533. The Morgan fingerprint density at radius 2 is 2.07 bits per heavy atom. The average Bonchev–Trinajstić information content (AvgIpc) is 3.50. The van der Waals surface area contributed by atoms with Crippen molar-refractivity contribution < 1.29 is 9.53 Å². The number of amides is 1.